The highest BCUT2D eigenvalue weighted by atomic mass is 35.5. The van der Waals surface area contributed by atoms with Crippen molar-refractivity contribution in [3.63, 3.8) is 0 Å². The van der Waals surface area contributed by atoms with Crippen molar-refractivity contribution in [2.24, 2.45) is 0 Å². The van der Waals surface area contributed by atoms with Crippen LogP contribution < -0.4 is 0 Å². The van der Waals surface area contributed by atoms with Crippen LogP contribution in [-0.4, -0.2) is 0 Å². The second-order valence-corrected chi connectivity index (χ2v) is 3.61. The molecule has 0 amide bonds. The van der Waals surface area contributed by atoms with Crippen LogP contribution in [0.5, 0.6) is 0 Å². The summed E-state index contributed by atoms with van der Waals surface area (Å²) < 4.78 is 10.3. The zero-order valence-electron chi connectivity index (χ0n) is 5.11. The minimum absolute atomic E-state index is 0.293. The van der Waals surface area contributed by atoms with Crippen LogP contribution in [0.25, 0.3) is 0 Å². The van der Waals surface area contributed by atoms with Gasteiger partial charge in [0, 0.05) is 10.3 Å². The fourth-order valence-electron chi connectivity index (χ4n) is 0.568. The van der Waals surface area contributed by atoms with Crippen LogP contribution in [0.4, 0.5) is 0 Å². The Balaban J connectivity index is 3.31. The van der Waals surface area contributed by atoms with E-state index in [9.17, 15) is 4.21 Å². The molecule has 0 atom stereocenters. The highest BCUT2D eigenvalue weighted by Crippen LogP contribution is 2.28. The van der Waals surface area contributed by atoms with E-state index in [1.807, 2.05) is 0 Å². The number of benzene rings is 1. The Hall–Kier alpha value is 0.110. The number of hydrogen-bond donors (Lipinski definition) is 0. The molecule has 5 heteroatoms. The Morgan fingerprint density at radius 2 is 1.55 bits per heavy atom. The summed E-state index contributed by atoms with van der Waals surface area (Å²) in [5.41, 5.74) is 0. The van der Waals surface area contributed by atoms with Gasteiger partial charge in [0.15, 0.2) is 0 Å². The van der Waals surface area contributed by atoms with Crippen LogP contribution in [0.1, 0.15) is 0 Å². The summed E-state index contributed by atoms with van der Waals surface area (Å²) in [5.74, 6) is 0. The monoisotopic (exact) mass is 227 g/mol. The van der Waals surface area contributed by atoms with Crippen molar-refractivity contribution in [3.8, 4) is 0 Å². The van der Waals surface area contributed by atoms with Gasteiger partial charge in [-0.1, -0.05) is 34.8 Å². The molecule has 0 aliphatic heterocycles. The molecule has 0 N–H and O–H groups in total. The van der Waals surface area contributed by atoms with Gasteiger partial charge in [0.1, 0.15) is 5.02 Å². The summed E-state index contributed by atoms with van der Waals surface area (Å²) in [6.45, 7) is 0. The van der Waals surface area contributed by atoms with Crippen LogP contribution in [0, 0.1) is 0 Å². The Morgan fingerprint density at radius 1 is 1.00 bits per heavy atom. The van der Waals surface area contributed by atoms with E-state index in [0.717, 1.165) is 0 Å². The smallest absolute Gasteiger partial charge is 0.0826 e. The lowest BCUT2D eigenvalue weighted by Gasteiger charge is -1.91. The molecule has 0 fully saturated rings. The summed E-state index contributed by atoms with van der Waals surface area (Å²) in [7, 11) is 0. The predicted molar refractivity (Wildman–Crippen MR) is 47.8 cm³/mol. The van der Waals surface area contributed by atoms with Gasteiger partial charge in [-0.25, -0.2) is 0 Å². The first-order chi connectivity index (χ1) is 5.15. The number of rotatable bonds is 1. The number of halogens is 3. The standard InChI is InChI=1S/C6H2Cl3OS/c7-3-1-5(9)6(11-10)2-4(3)8/h1-2H/q+1. The molecular formula is C6H2Cl3OS+. The third kappa shape index (κ3) is 2.03. The van der Waals surface area contributed by atoms with Crippen molar-refractivity contribution in [3.05, 3.63) is 27.2 Å². The lowest BCUT2D eigenvalue weighted by molar-refractivity contribution is 0.605. The molecule has 0 radical (unpaired) electrons. The van der Waals surface area contributed by atoms with Crippen LogP contribution in [0.3, 0.4) is 0 Å². The molecule has 0 bridgehead atoms. The lowest BCUT2D eigenvalue weighted by atomic mass is 10.4. The Labute approximate surface area is 82.7 Å². The largest absolute Gasteiger partial charge is 0.506 e. The van der Waals surface area contributed by atoms with Crippen LogP contribution in [-0.2, 0) is 15.9 Å². The molecule has 1 aromatic rings. The quantitative estimate of drug-likeness (QED) is 0.532. The first kappa shape index (κ1) is 9.20. The summed E-state index contributed by atoms with van der Waals surface area (Å²) in [6, 6.07) is 2.90. The fraction of sp³-hybridized carbons (Fsp3) is 0. The van der Waals surface area contributed by atoms with E-state index in [-0.39, 0.29) is 0 Å². The maximum absolute atomic E-state index is 10.3. The molecule has 0 heterocycles. The van der Waals surface area contributed by atoms with Crippen molar-refractivity contribution in [2.45, 2.75) is 4.90 Å². The van der Waals surface area contributed by atoms with Crippen molar-refractivity contribution < 1.29 is 4.21 Å². The average molecular weight is 229 g/mol. The van der Waals surface area contributed by atoms with Crippen LogP contribution in [0.2, 0.25) is 15.1 Å². The summed E-state index contributed by atoms with van der Waals surface area (Å²) >= 11 is 17.2. The van der Waals surface area contributed by atoms with Crippen molar-refractivity contribution in [1.82, 2.24) is 0 Å². The molecular weight excluding hydrogens is 226 g/mol. The minimum atomic E-state index is 0.293. The number of hydrogen-bond acceptors (Lipinski definition) is 1. The second kappa shape index (κ2) is 3.68. The molecule has 0 aliphatic rings. The van der Waals surface area contributed by atoms with Gasteiger partial charge in [-0.05, 0) is 6.07 Å². The maximum atomic E-state index is 10.3. The van der Waals surface area contributed by atoms with E-state index >= 15 is 0 Å². The SMILES string of the molecule is O=[S+]c1cc(Cl)c(Cl)cc1Cl. The minimum Gasteiger partial charge on any atom is -0.0826 e. The Kier molecular flexibility index (Phi) is 3.07. The zero-order valence-corrected chi connectivity index (χ0v) is 8.19. The van der Waals surface area contributed by atoms with E-state index in [2.05, 4.69) is 0 Å². The van der Waals surface area contributed by atoms with Gasteiger partial charge in [0.2, 0.25) is 0 Å². The van der Waals surface area contributed by atoms with Gasteiger partial charge in [-0.2, -0.15) is 0 Å². The third-order valence-corrected chi connectivity index (χ3v) is 2.73. The van der Waals surface area contributed by atoms with Crippen LogP contribution in [0.15, 0.2) is 17.0 Å². The van der Waals surface area contributed by atoms with Crippen molar-refractivity contribution in [1.29, 1.82) is 0 Å². The zero-order chi connectivity index (χ0) is 8.43. The van der Waals surface area contributed by atoms with Gasteiger partial charge in [0.05, 0.1) is 10.0 Å². The van der Waals surface area contributed by atoms with Crippen molar-refractivity contribution >= 4 is 46.5 Å². The van der Waals surface area contributed by atoms with E-state index in [1.165, 1.54) is 12.1 Å². The highest BCUT2D eigenvalue weighted by molar-refractivity contribution is 7.65. The molecule has 1 nitrogen and oxygen atoms in total. The normalized spacial score (nSPS) is 9.73. The first-order valence-electron chi connectivity index (χ1n) is 2.59. The maximum Gasteiger partial charge on any atom is 0.506 e. The van der Waals surface area contributed by atoms with Gasteiger partial charge < -0.3 is 0 Å². The average Bonchev–Trinajstić information content (AvgIpc) is 1.97. The van der Waals surface area contributed by atoms with Crippen LogP contribution >= 0.6 is 34.8 Å². The third-order valence-electron chi connectivity index (χ3n) is 1.06. The lowest BCUT2D eigenvalue weighted by Crippen LogP contribution is -1.77. The molecule has 0 saturated carbocycles. The highest BCUT2D eigenvalue weighted by Gasteiger charge is 2.15. The molecule has 0 aromatic heterocycles. The summed E-state index contributed by atoms with van der Waals surface area (Å²) in [4.78, 5) is 0.390. The van der Waals surface area contributed by atoms with Crippen molar-refractivity contribution in [2.75, 3.05) is 0 Å². The Morgan fingerprint density at radius 3 is 2.09 bits per heavy atom. The molecule has 0 saturated heterocycles. The molecule has 0 aliphatic carbocycles. The van der Waals surface area contributed by atoms with E-state index in [1.54, 1.807) is 0 Å². The van der Waals surface area contributed by atoms with E-state index in [0.29, 0.717) is 31.6 Å². The van der Waals surface area contributed by atoms with E-state index < -0.39 is 0 Å². The van der Waals surface area contributed by atoms with Gasteiger partial charge in [-0.15, -0.1) is 0 Å². The second-order valence-electron chi connectivity index (χ2n) is 1.78. The summed E-state index contributed by atoms with van der Waals surface area (Å²) in [6.07, 6.45) is 0. The van der Waals surface area contributed by atoms with Gasteiger partial charge >= 0.3 is 16.6 Å². The molecule has 1 aromatic carbocycles. The molecule has 0 unspecified atom stereocenters. The predicted octanol–water partition coefficient (Wildman–Crippen LogP) is 3.43. The summed E-state index contributed by atoms with van der Waals surface area (Å²) in [5, 5.41) is 1.03. The topological polar surface area (TPSA) is 17.1 Å². The first-order valence-corrected chi connectivity index (χ1v) is 4.47. The molecule has 0 spiro atoms. The fourth-order valence-corrected chi connectivity index (χ4v) is 1.58. The van der Waals surface area contributed by atoms with Gasteiger partial charge in [-0.3, -0.25) is 0 Å². The molecule has 1 rings (SSSR count). The van der Waals surface area contributed by atoms with Gasteiger partial charge in [0.25, 0.3) is 0 Å². The molecule has 58 valence electrons. The van der Waals surface area contributed by atoms with E-state index in [4.69, 9.17) is 34.8 Å². The molecule has 11 heavy (non-hydrogen) atoms. The Bertz CT molecular complexity index is 300.